The van der Waals surface area contributed by atoms with E-state index < -0.39 is 0 Å². The Morgan fingerprint density at radius 3 is 2.52 bits per heavy atom. The lowest BCUT2D eigenvalue weighted by Crippen LogP contribution is -2.15. The van der Waals surface area contributed by atoms with Gasteiger partial charge in [0.15, 0.2) is 5.75 Å². The molecule has 0 bridgehead atoms. The van der Waals surface area contributed by atoms with Crippen molar-refractivity contribution in [1.29, 1.82) is 0 Å². The van der Waals surface area contributed by atoms with Crippen LogP contribution in [-0.4, -0.2) is 16.3 Å². The molecule has 21 heavy (non-hydrogen) atoms. The number of benzene rings is 1. The van der Waals surface area contributed by atoms with E-state index in [1.54, 1.807) is 11.5 Å². The molecule has 1 atom stereocenters. The molecule has 0 aliphatic carbocycles. The summed E-state index contributed by atoms with van der Waals surface area (Å²) in [5.74, 6) is -0.0756. The number of ketones is 1. The van der Waals surface area contributed by atoms with Gasteiger partial charge >= 0.3 is 5.97 Å². The molecule has 0 amide bonds. The van der Waals surface area contributed by atoms with Gasteiger partial charge in [0.1, 0.15) is 0 Å². The van der Waals surface area contributed by atoms with Crippen molar-refractivity contribution >= 4 is 11.8 Å². The molecule has 108 valence electrons. The Balaban J connectivity index is 2.16. The molecule has 3 rings (SSSR count). The average molecular weight is 283 g/mol. The number of nitrogens with zero attached hydrogens (tertiary/aromatic N) is 1. The van der Waals surface area contributed by atoms with E-state index in [-0.39, 0.29) is 17.7 Å². The molecule has 0 fully saturated rings. The minimum absolute atomic E-state index is 0.0363. The number of rotatable bonds is 2. The summed E-state index contributed by atoms with van der Waals surface area (Å²) in [7, 11) is 1.82. The van der Waals surface area contributed by atoms with Crippen molar-refractivity contribution in [3.63, 3.8) is 0 Å². The quantitative estimate of drug-likeness (QED) is 0.629. The summed E-state index contributed by atoms with van der Waals surface area (Å²) in [6, 6.07) is 7.51. The maximum absolute atomic E-state index is 12.8. The van der Waals surface area contributed by atoms with E-state index in [2.05, 4.69) is 0 Å². The van der Waals surface area contributed by atoms with E-state index in [1.165, 1.54) is 0 Å². The van der Waals surface area contributed by atoms with Crippen molar-refractivity contribution in [3.8, 4) is 5.75 Å². The van der Waals surface area contributed by atoms with Gasteiger partial charge in [-0.2, -0.15) is 0 Å². The van der Waals surface area contributed by atoms with Gasteiger partial charge in [-0.15, -0.1) is 0 Å². The van der Waals surface area contributed by atoms with Crippen LogP contribution in [0.2, 0.25) is 0 Å². The smallest absolute Gasteiger partial charge is 0.320 e. The number of hydrogen-bond donors (Lipinski definition) is 0. The summed E-state index contributed by atoms with van der Waals surface area (Å²) in [5, 5.41) is 0. The van der Waals surface area contributed by atoms with Crippen LogP contribution in [-0.2, 0) is 11.8 Å². The standard InChI is InChI=1S/C17H17NO3/c1-9-7-5-6-8-12(9)15(19)13-10(2)16-14(18(13)4)11(3)17(20)21-16/h5-8,11H,1-4H3. The van der Waals surface area contributed by atoms with E-state index in [0.717, 1.165) is 16.8 Å². The fourth-order valence-electron chi connectivity index (χ4n) is 3.02. The molecule has 1 aromatic carbocycles. The Hall–Kier alpha value is -2.36. The van der Waals surface area contributed by atoms with Crippen LogP contribution in [0.25, 0.3) is 0 Å². The molecule has 4 heteroatoms. The number of aryl methyl sites for hydroxylation is 1. The van der Waals surface area contributed by atoms with Gasteiger partial charge in [0, 0.05) is 18.2 Å². The highest BCUT2D eigenvalue weighted by molar-refractivity contribution is 6.10. The van der Waals surface area contributed by atoms with Crippen LogP contribution in [0.4, 0.5) is 0 Å². The van der Waals surface area contributed by atoms with Crippen molar-refractivity contribution in [3.05, 3.63) is 52.3 Å². The van der Waals surface area contributed by atoms with Crippen LogP contribution in [0.15, 0.2) is 24.3 Å². The maximum Gasteiger partial charge on any atom is 0.320 e. The first-order chi connectivity index (χ1) is 9.93. The molecule has 1 aliphatic heterocycles. The highest BCUT2D eigenvalue weighted by Gasteiger charge is 2.37. The molecule has 0 spiro atoms. The molecule has 2 heterocycles. The Bertz CT molecular complexity index is 771. The van der Waals surface area contributed by atoms with Gasteiger partial charge in [0.05, 0.1) is 17.3 Å². The maximum atomic E-state index is 12.8. The Kier molecular flexibility index (Phi) is 2.97. The molecule has 4 nitrogen and oxygen atoms in total. The number of carbonyl (C=O) groups excluding carboxylic acids is 2. The summed E-state index contributed by atoms with van der Waals surface area (Å²) in [6.45, 7) is 5.55. The normalized spacial score (nSPS) is 16.8. The third-order valence-electron chi connectivity index (χ3n) is 4.20. The molecule has 0 saturated heterocycles. The molecule has 0 saturated carbocycles. The van der Waals surface area contributed by atoms with Crippen LogP contribution in [0.3, 0.4) is 0 Å². The predicted molar refractivity (Wildman–Crippen MR) is 78.8 cm³/mol. The molecular weight excluding hydrogens is 266 g/mol. The molecule has 0 radical (unpaired) electrons. The van der Waals surface area contributed by atoms with E-state index in [9.17, 15) is 9.59 Å². The first kappa shape index (κ1) is 13.6. The number of ether oxygens (including phenoxy) is 1. The van der Waals surface area contributed by atoms with Crippen molar-refractivity contribution in [2.24, 2.45) is 7.05 Å². The number of fused-ring (bicyclic) bond motifs is 1. The zero-order chi connectivity index (χ0) is 15.3. The first-order valence-electron chi connectivity index (χ1n) is 6.94. The number of carbonyl (C=O) groups is 2. The van der Waals surface area contributed by atoms with Crippen LogP contribution < -0.4 is 4.74 Å². The van der Waals surface area contributed by atoms with Crippen molar-refractivity contribution < 1.29 is 14.3 Å². The predicted octanol–water partition coefficient (Wildman–Crippen LogP) is 2.90. The SMILES string of the molecule is Cc1ccccc1C(=O)c1c(C)c2c(n1C)C(C)C(=O)O2. The van der Waals surface area contributed by atoms with Gasteiger partial charge in [-0.05, 0) is 26.3 Å². The zero-order valence-electron chi connectivity index (χ0n) is 12.6. The van der Waals surface area contributed by atoms with Crippen molar-refractivity contribution in [2.75, 3.05) is 0 Å². The summed E-state index contributed by atoms with van der Waals surface area (Å²) >= 11 is 0. The lowest BCUT2D eigenvalue weighted by Gasteiger charge is -2.10. The topological polar surface area (TPSA) is 48.3 Å². The van der Waals surface area contributed by atoms with Gasteiger partial charge < -0.3 is 9.30 Å². The molecule has 1 aromatic heterocycles. The third kappa shape index (κ3) is 1.82. The summed E-state index contributed by atoms with van der Waals surface area (Å²) in [5.41, 5.74) is 3.73. The second kappa shape index (κ2) is 4.58. The molecule has 1 unspecified atom stereocenters. The lowest BCUT2D eigenvalue weighted by molar-refractivity contribution is -0.133. The minimum atomic E-state index is -0.331. The van der Waals surface area contributed by atoms with Gasteiger partial charge in [-0.25, -0.2) is 0 Å². The van der Waals surface area contributed by atoms with E-state index in [0.29, 0.717) is 17.0 Å². The van der Waals surface area contributed by atoms with E-state index in [1.807, 2.05) is 45.2 Å². The largest absolute Gasteiger partial charge is 0.424 e. The number of aromatic nitrogens is 1. The number of esters is 1. The van der Waals surface area contributed by atoms with Crippen LogP contribution in [0.1, 0.15) is 45.7 Å². The Morgan fingerprint density at radius 1 is 1.24 bits per heavy atom. The second-order valence-electron chi connectivity index (χ2n) is 5.53. The fourth-order valence-corrected chi connectivity index (χ4v) is 3.02. The molecule has 0 N–H and O–H groups in total. The second-order valence-corrected chi connectivity index (χ2v) is 5.53. The Labute approximate surface area is 123 Å². The van der Waals surface area contributed by atoms with Gasteiger partial charge in [0.2, 0.25) is 5.78 Å². The molecular formula is C17H17NO3. The lowest BCUT2D eigenvalue weighted by atomic mass is 10.0. The summed E-state index contributed by atoms with van der Waals surface area (Å²) in [6.07, 6.45) is 0. The first-order valence-corrected chi connectivity index (χ1v) is 6.94. The van der Waals surface area contributed by atoms with Crippen molar-refractivity contribution in [1.82, 2.24) is 4.57 Å². The highest BCUT2D eigenvalue weighted by Crippen LogP contribution is 2.41. The fraction of sp³-hybridized carbons (Fsp3) is 0.294. The summed E-state index contributed by atoms with van der Waals surface area (Å²) < 4.78 is 7.12. The molecule has 1 aliphatic rings. The molecule has 2 aromatic rings. The third-order valence-corrected chi connectivity index (χ3v) is 4.20. The monoisotopic (exact) mass is 283 g/mol. The zero-order valence-corrected chi connectivity index (χ0v) is 12.6. The van der Waals surface area contributed by atoms with Crippen LogP contribution >= 0.6 is 0 Å². The van der Waals surface area contributed by atoms with Crippen molar-refractivity contribution in [2.45, 2.75) is 26.7 Å². The average Bonchev–Trinajstić information content (AvgIpc) is 2.87. The highest BCUT2D eigenvalue weighted by atomic mass is 16.5. The van der Waals surface area contributed by atoms with Gasteiger partial charge in [-0.1, -0.05) is 24.3 Å². The van der Waals surface area contributed by atoms with Gasteiger partial charge in [0.25, 0.3) is 0 Å². The van der Waals surface area contributed by atoms with Crippen LogP contribution in [0.5, 0.6) is 5.75 Å². The minimum Gasteiger partial charge on any atom is -0.424 e. The van der Waals surface area contributed by atoms with E-state index >= 15 is 0 Å². The van der Waals surface area contributed by atoms with Crippen LogP contribution in [0, 0.1) is 13.8 Å². The Morgan fingerprint density at radius 2 is 1.90 bits per heavy atom. The van der Waals surface area contributed by atoms with E-state index in [4.69, 9.17) is 4.74 Å². The van der Waals surface area contributed by atoms with Gasteiger partial charge in [-0.3, -0.25) is 9.59 Å². The summed E-state index contributed by atoms with van der Waals surface area (Å²) in [4.78, 5) is 24.5. The number of hydrogen-bond acceptors (Lipinski definition) is 3.